The molecule has 0 saturated carbocycles. The molecular formula is C20H27N3O2. The lowest BCUT2D eigenvalue weighted by atomic mass is 9.79. The fourth-order valence-electron chi connectivity index (χ4n) is 4.05. The molecule has 2 aliphatic rings. The molecule has 0 radical (unpaired) electrons. The second-order valence-corrected chi connectivity index (χ2v) is 7.18. The first kappa shape index (κ1) is 17.6. The van der Waals surface area contributed by atoms with Crippen LogP contribution in [0.5, 0.6) is 0 Å². The van der Waals surface area contributed by atoms with E-state index in [9.17, 15) is 9.59 Å². The zero-order chi connectivity index (χ0) is 17.7. The molecule has 25 heavy (non-hydrogen) atoms. The Labute approximate surface area is 149 Å². The van der Waals surface area contributed by atoms with Gasteiger partial charge >= 0.3 is 0 Å². The summed E-state index contributed by atoms with van der Waals surface area (Å²) in [5.41, 5.74) is 0.804. The Morgan fingerprint density at radius 2 is 2.12 bits per heavy atom. The summed E-state index contributed by atoms with van der Waals surface area (Å²) in [5, 5.41) is 0. The van der Waals surface area contributed by atoms with Crippen molar-refractivity contribution in [2.45, 2.75) is 45.1 Å². The fourth-order valence-corrected chi connectivity index (χ4v) is 4.05. The Kier molecular flexibility index (Phi) is 5.51. The lowest BCUT2D eigenvalue weighted by Crippen LogP contribution is -2.36. The first-order chi connectivity index (χ1) is 12.1. The maximum atomic E-state index is 13.1. The molecule has 1 aromatic heterocycles. The van der Waals surface area contributed by atoms with Gasteiger partial charge in [-0.25, -0.2) is 0 Å². The number of amides is 2. The standard InChI is InChI=1S/C20H27N3O2/c1-2-3-7-18(24)22-12-5-8-20(9-13-22)10-14-23(19(20)25)16-17-6-4-11-21-15-17/h2,4,6,11,15H,1,3,5,7-10,12-14,16H2/t20-/m0/s1. The summed E-state index contributed by atoms with van der Waals surface area (Å²) in [6.45, 7) is 6.59. The summed E-state index contributed by atoms with van der Waals surface area (Å²) in [7, 11) is 0. The third-order valence-corrected chi connectivity index (χ3v) is 5.56. The van der Waals surface area contributed by atoms with Gasteiger partial charge in [0, 0.05) is 45.0 Å². The van der Waals surface area contributed by atoms with Crippen LogP contribution in [0, 0.1) is 5.41 Å². The van der Waals surface area contributed by atoms with Crippen molar-refractivity contribution in [3.63, 3.8) is 0 Å². The van der Waals surface area contributed by atoms with Gasteiger partial charge in [0.05, 0.1) is 5.41 Å². The van der Waals surface area contributed by atoms with Crippen LogP contribution in [0.2, 0.25) is 0 Å². The van der Waals surface area contributed by atoms with E-state index >= 15 is 0 Å². The first-order valence-electron chi connectivity index (χ1n) is 9.22. The number of hydrogen-bond acceptors (Lipinski definition) is 3. The number of pyridine rings is 1. The van der Waals surface area contributed by atoms with Gasteiger partial charge in [0.25, 0.3) is 0 Å². The number of carbonyl (C=O) groups excluding carboxylic acids is 2. The summed E-state index contributed by atoms with van der Waals surface area (Å²) in [6, 6.07) is 3.92. The van der Waals surface area contributed by atoms with E-state index in [1.807, 2.05) is 28.1 Å². The van der Waals surface area contributed by atoms with Gasteiger partial charge in [-0.3, -0.25) is 14.6 Å². The van der Waals surface area contributed by atoms with Crippen molar-refractivity contribution < 1.29 is 9.59 Å². The zero-order valence-corrected chi connectivity index (χ0v) is 14.8. The van der Waals surface area contributed by atoms with Crippen molar-refractivity contribution in [3.05, 3.63) is 42.7 Å². The number of hydrogen-bond donors (Lipinski definition) is 0. The molecule has 3 rings (SSSR count). The third-order valence-electron chi connectivity index (χ3n) is 5.56. The van der Waals surface area contributed by atoms with E-state index in [4.69, 9.17) is 0 Å². The predicted molar refractivity (Wildman–Crippen MR) is 96.6 cm³/mol. The van der Waals surface area contributed by atoms with Crippen LogP contribution >= 0.6 is 0 Å². The summed E-state index contributed by atoms with van der Waals surface area (Å²) in [4.78, 5) is 33.4. The average Bonchev–Trinajstić information content (AvgIpc) is 2.82. The molecule has 0 N–H and O–H groups in total. The largest absolute Gasteiger partial charge is 0.343 e. The van der Waals surface area contributed by atoms with Gasteiger partial charge in [0.1, 0.15) is 0 Å². The van der Waals surface area contributed by atoms with E-state index in [0.717, 1.165) is 50.8 Å². The molecular weight excluding hydrogens is 314 g/mol. The van der Waals surface area contributed by atoms with E-state index in [1.165, 1.54) is 0 Å². The number of allylic oxidation sites excluding steroid dienone is 1. The second kappa shape index (κ2) is 7.81. The lowest BCUT2D eigenvalue weighted by Gasteiger charge is -2.27. The number of aromatic nitrogens is 1. The molecule has 134 valence electrons. The Hall–Kier alpha value is -2.17. The SMILES string of the molecule is C=CCCC(=O)N1CCC[C@]2(CC1)CCN(Cc1cccnc1)C2=O. The minimum absolute atomic E-state index is 0.189. The van der Waals surface area contributed by atoms with E-state index in [-0.39, 0.29) is 17.2 Å². The highest BCUT2D eigenvalue weighted by Gasteiger charge is 2.47. The Morgan fingerprint density at radius 1 is 1.28 bits per heavy atom. The van der Waals surface area contributed by atoms with Crippen LogP contribution < -0.4 is 0 Å². The molecule has 5 nitrogen and oxygen atoms in total. The van der Waals surface area contributed by atoms with Gasteiger partial charge in [-0.05, 0) is 43.7 Å². The number of likely N-dealkylation sites (tertiary alicyclic amines) is 2. The van der Waals surface area contributed by atoms with Crippen LogP contribution in [0.15, 0.2) is 37.2 Å². The summed E-state index contributed by atoms with van der Waals surface area (Å²) in [5.74, 6) is 0.450. The molecule has 5 heteroatoms. The molecule has 3 heterocycles. The van der Waals surface area contributed by atoms with Gasteiger partial charge in [0.15, 0.2) is 0 Å². The molecule has 2 aliphatic heterocycles. The van der Waals surface area contributed by atoms with Crippen LogP contribution in [0.4, 0.5) is 0 Å². The highest BCUT2D eigenvalue weighted by atomic mass is 16.2. The highest BCUT2D eigenvalue weighted by Crippen LogP contribution is 2.42. The van der Waals surface area contributed by atoms with Gasteiger partial charge in [-0.2, -0.15) is 0 Å². The minimum atomic E-state index is -0.268. The maximum absolute atomic E-state index is 13.1. The quantitative estimate of drug-likeness (QED) is 0.774. The van der Waals surface area contributed by atoms with Crippen molar-refractivity contribution in [1.82, 2.24) is 14.8 Å². The van der Waals surface area contributed by atoms with Gasteiger partial charge in [-0.1, -0.05) is 12.1 Å². The van der Waals surface area contributed by atoms with Crippen LogP contribution in [-0.4, -0.2) is 46.2 Å². The molecule has 2 saturated heterocycles. The molecule has 0 bridgehead atoms. The summed E-state index contributed by atoms with van der Waals surface area (Å²) >= 11 is 0. The topological polar surface area (TPSA) is 53.5 Å². The fraction of sp³-hybridized carbons (Fsp3) is 0.550. The van der Waals surface area contributed by atoms with Crippen molar-refractivity contribution in [1.29, 1.82) is 0 Å². The van der Waals surface area contributed by atoms with Crippen LogP contribution in [-0.2, 0) is 16.1 Å². The predicted octanol–water partition coefficient (Wildman–Crippen LogP) is 2.78. The smallest absolute Gasteiger partial charge is 0.229 e. The Balaban J connectivity index is 1.62. The minimum Gasteiger partial charge on any atom is -0.343 e. The molecule has 2 fully saturated rings. The number of carbonyl (C=O) groups is 2. The van der Waals surface area contributed by atoms with Crippen LogP contribution in [0.3, 0.4) is 0 Å². The molecule has 0 unspecified atom stereocenters. The van der Waals surface area contributed by atoms with Crippen molar-refractivity contribution in [2.75, 3.05) is 19.6 Å². The average molecular weight is 341 g/mol. The molecule has 0 aliphatic carbocycles. The monoisotopic (exact) mass is 341 g/mol. The lowest BCUT2D eigenvalue weighted by molar-refractivity contribution is -0.138. The van der Waals surface area contributed by atoms with E-state index in [0.29, 0.717) is 19.5 Å². The maximum Gasteiger partial charge on any atom is 0.229 e. The molecule has 1 spiro atoms. The van der Waals surface area contributed by atoms with E-state index in [2.05, 4.69) is 11.6 Å². The van der Waals surface area contributed by atoms with Crippen LogP contribution in [0.1, 0.15) is 44.1 Å². The Bertz CT molecular complexity index is 631. The normalized spacial score (nSPS) is 23.8. The van der Waals surface area contributed by atoms with Crippen molar-refractivity contribution in [3.8, 4) is 0 Å². The van der Waals surface area contributed by atoms with Crippen LogP contribution in [0.25, 0.3) is 0 Å². The van der Waals surface area contributed by atoms with E-state index < -0.39 is 0 Å². The molecule has 1 atom stereocenters. The van der Waals surface area contributed by atoms with Gasteiger partial charge in [-0.15, -0.1) is 6.58 Å². The van der Waals surface area contributed by atoms with Gasteiger partial charge < -0.3 is 9.80 Å². The second-order valence-electron chi connectivity index (χ2n) is 7.18. The molecule has 1 aromatic rings. The van der Waals surface area contributed by atoms with E-state index in [1.54, 1.807) is 12.3 Å². The summed E-state index contributed by atoms with van der Waals surface area (Å²) < 4.78 is 0. The highest BCUT2D eigenvalue weighted by molar-refractivity contribution is 5.85. The summed E-state index contributed by atoms with van der Waals surface area (Å²) in [6.07, 6.45) is 10.1. The first-order valence-corrected chi connectivity index (χ1v) is 9.22. The van der Waals surface area contributed by atoms with Crippen molar-refractivity contribution >= 4 is 11.8 Å². The number of rotatable bonds is 5. The molecule has 2 amide bonds. The third kappa shape index (κ3) is 3.91. The molecule has 0 aromatic carbocycles. The van der Waals surface area contributed by atoms with Crippen molar-refractivity contribution in [2.24, 2.45) is 5.41 Å². The number of nitrogens with zero attached hydrogens (tertiary/aromatic N) is 3. The zero-order valence-electron chi connectivity index (χ0n) is 14.8. The van der Waals surface area contributed by atoms with Gasteiger partial charge in [0.2, 0.25) is 11.8 Å². The Morgan fingerprint density at radius 3 is 2.88 bits per heavy atom.